The molecular weight excluding hydrogens is 222 g/mol. The van der Waals surface area contributed by atoms with Crippen LogP contribution in [0.15, 0.2) is 0 Å². The minimum Gasteiger partial charge on any atom is -0.316 e. The number of sulfone groups is 1. The van der Waals surface area contributed by atoms with Gasteiger partial charge in [0.2, 0.25) is 0 Å². The molecule has 3 nitrogen and oxygen atoms in total. The van der Waals surface area contributed by atoms with E-state index in [1.807, 2.05) is 0 Å². The zero-order valence-corrected chi connectivity index (χ0v) is 12.0. The van der Waals surface area contributed by atoms with Crippen LogP contribution in [0.2, 0.25) is 0 Å². The molecule has 0 heterocycles. The second-order valence-electron chi connectivity index (χ2n) is 5.24. The average molecular weight is 249 g/mol. The van der Waals surface area contributed by atoms with E-state index in [2.05, 4.69) is 12.2 Å². The fraction of sp³-hybridized carbons (Fsp3) is 1.00. The van der Waals surface area contributed by atoms with Crippen LogP contribution in [0, 0.1) is 0 Å². The van der Waals surface area contributed by atoms with Crippen LogP contribution in [-0.4, -0.2) is 32.0 Å². The predicted molar refractivity (Wildman–Crippen MR) is 70.6 cm³/mol. The number of unbranched alkanes of at least 4 members (excludes halogenated alkanes) is 3. The van der Waals surface area contributed by atoms with Gasteiger partial charge in [0.05, 0.1) is 10.5 Å². The Bertz CT molecular complexity index is 265. The molecule has 0 aliphatic carbocycles. The van der Waals surface area contributed by atoms with Gasteiger partial charge in [-0.05, 0) is 33.7 Å². The molecule has 0 unspecified atom stereocenters. The minimum atomic E-state index is -2.96. The predicted octanol–water partition coefficient (Wildman–Crippen LogP) is 2.37. The van der Waals surface area contributed by atoms with Crippen molar-refractivity contribution in [1.82, 2.24) is 5.32 Å². The van der Waals surface area contributed by atoms with Crippen molar-refractivity contribution in [2.75, 3.05) is 18.8 Å². The van der Waals surface area contributed by atoms with Crippen LogP contribution in [0.4, 0.5) is 0 Å². The number of nitrogens with one attached hydrogen (secondary N) is 1. The Balaban J connectivity index is 3.60. The SMILES string of the molecule is CCCCCCNCCS(=O)(=O)C(C)(C)C. The molecule has 0 spiro atoms. The second kappa shape index (κ2) is 7.28. The van der Waals surface area contributed by atoms with Crippen LogP contribution in [0.5, 0.6) is 0 Å². The van der Waals surface area contributed by atoms with Crippen LogP contribution >= 0.6 is 0 Å². The normalized spacial score (nSPS) is 13.0. The third-order valence-corrected chi connectivity index (χ3v) is 5.30. The van der Waals surface area contributed by atoms with Gasteiger partial charge in [-0.15, -0.1) is 0 Å². The molecule has 0 rings (SSSR count). The Kier molecular flexibility index (Phi) is 7.24. The van der Waals surface area contributed by atoms with Crippen LogP contribution < -0.4 is 5.32 Å². The summed E-state index contributed by atoms with van der Waals surface area (Å²) < 4.78 is 22.9. The molecule has 0 aliphatic rings. The number of hydrogen-bond donors (Lipinski definition) is 1. The lowest BCUT2D eigenvalue weighted by atomic mass is 10.2. The smallest absolute Gasteiger partial charge is 0.156 e. The van der Waals surface area contributed by atoms with Crippen molar-refractivity contribution in [1.29, 1.82) is 0 Å². The molecule has 0 saturated heterocycles. The summed E-state index contributed by atoms with van der Waals surface area (Å²) in [6.07, 6.45) is 4.87. The number of rotatable bonds is 8. The fourth-order valence-electron chi connectivity index (χ4n) is 1.31. The summed E-state index contributed by atoms with van der Waals surface area (Å²) >= 11 is 0. The average Bonchev–Trinajstić information content (AvgIpc) is 2.14. The Hall–Kier alpha value is -0.0900. The van der Waals surface area contributed by atoms with Crippen LogP contribution in [0.3, 0.4) is 0 Å². The maximum atomic E-state index is 11.7. The van der Waals surface area contributed by atoms with E-state index in [9.17, 15) is 8.42 Å². The Labute approximate surface area is 101 Å². The molecule has 1 N–H and O–H groups in total. The lowest BCUT2D eigenvalue weighted by Gasteiger charge is -2.19. The molecule has 0 bridgehead atoms. The summed E-state index contributed by atoms with van der Waals surface area (Å²) in [6, 6.07) is 0. The van der Waals surface area contributed by atoms with E-state index >= 15 is 0 Å². The zero-order chi connectivity index (χ0) is 12.7. The summed E-state index contributed by atoms with van der Waals surface area (Å²) in [5, 5.41) is 3.19. The maximum absolute atomic E-state index is 11.7. The molecule has 0 aromatic rings. The highest BCUT2D eigenvalue weighted by molar-refractivity contribution is 7.92. The van der Waals surface area contributed by atoms with Crippen molar-refractivity contribution in [2.24, 2.45) is 0 Å². The molecule has 0 fully saturated rings. The van der Waals surface area contributed by atoms with E-state index in [4.69, 9.17) is 0 Å². The Morgan fingerprint density at radius 3 is 2.12 bits per heavy atom. The van der Waals surface area contributed by atoms with Crippen molar-refractivity contribution in [3.8, 4) is 0 Å². The van der Waals surface area contributed by atoms with Crippen molar-refractivity contribution in [3.05, 3.63) is 0 Å². The molecule has 4 heteroatoms. The topological polar surface area (TPSA) is 46.2 Å². The van der Waals surface area contributed by atoms with Crippen molar-refractivity contribution < 1.29 is 8.42 Å². The standard InChI is InChI=1S/C12H27NO2S/c1-5-6-7-8-9-13-10-11-16(14,15)12(2,3)4/h13H,5-11H2,1-4H3. The largest absolute Gasteiger partial charge is 0.316 e. The fourth-order valence-corrected chi connectivity index (χ4v) is 2.34. The molecule has 0 saturated carbocycles. The Morgan fingerprint density at radius 2 is 1.62 bits per heavy atom. The van der Waals surface area contributed by atoms with E-state index in [1.54, 1.807) is 20.8 Å². The van der Waals surface area contributed by atoms with E-state index in [0.29, 0.717) is 6.54 Å². The maximum Gasteiger partial charge on any atom is 0.156 e. The van der Waals surface area contributed by atoms with Gasteiger partial charge >= 0.3 is 0 Å². The lowest BCUT2D eigenvalue weighted by molar-refractivity contribution is 0.553. The summed E-state index contributed by atoms with van der Waals surface area (Å²) in [5.41, 5.74) is 0. The molecule has 16 heavy (non-hydrogen) atoms. The molecular formula is C12H27NO2S. The Morgan fingerprint density at radius 1 is 1.00 bits per heavy atom. The van der Waals surface area contributed by atoms with E-state index < -0.39 is 14.6 Å². The first kappa shape index (κ1) is 15.9. The highest BCUT2D eigenvalue weighted by Crippen LogP contribution is 2.15. The van der Waals surface area contributed by atoms with E-state index in [-0.39, 0.29) is 5.75 Å². The molecule has 0 amide bonds. The number of hydrogen-bond acceptors (Lipinski definition) is 3. The summed E-state index contributed by atoms with van der Waals surface area (Å²) in [5.74, 6) is 0.240. The van der Waals surface area contributed by atoms with Gasteiger partial charge in [-0.25, -0.2) is 8.42 Å². The third-order valence-electron chi connectivity index (χ3n) is 2.69. The van der Waals surface area contributed by atoms with Gasteiger partial charge in [0, 0.05) is 6.54 Å². The molecule has 0 aliphatic heterocycles. The summed E-state index contributed by atoms with van der Waals surface area (Å²) in [6.45, 7) is 8.95. The van der Waals surface area contributed by atoms with Gasteiger partial charge in [-0.3, -0.25) is 0 Å². The van der Waals surface area contributed by atoms with Gasteiger partial charge < -0.3 is 5.32 Å². The first-order chi connectivity index (χ1) is 7.31. The zero-order valence-electron chi connectivity index (χ0n) is 11.2. The van der Waals surface area contributed by atoms with Gasteiger partial charge in [0.1, 0.15) is 0 Å². The van der Waals surface area contributed by atoms with Crippen molar-refractivity contribution in [3.63, 3.8) is 0 Å². The van der Waals surface area contributed by atoms with Crippen molar-refractivity contribution >= 4 is 9.84 Å². The summed E-state index contributed by atoms with van der Waals surface area (Å²) in [7, 11) is -2.96. The van der Waals surface area contributed by atoms with E-state index in [1.165, 1.54) is 19.3 Å². The third kappa shape index (κ3) is 6.48. The molecule has 0 aromatic carbocycles. The van der Waals surface area contributed by atoms with Gasteiger partial charge in [-0.2, -0.15) is 0 Å². The first-order valence-corrected chi connectivity index (χ1v) is 7.89. The molecule has 98 valence electrons. The molecule has 0 radical (unpaired) electrons. The lowest BCUT2D eigenvalue weighted by Crippen LogP contribution is -2.34. The second-order valence-corrected chi connectivity index (χ2v) is 8.10. The molecule has 0 atom stereocenters. The van der Waals surface area contributed by atoms with Gasteiger partial charge in [0.25, 0.3) is 0 Å². The highest BCUT2D eigenvalue weighted by Gasteiger charge is 2.27. The van der Waals surface area contributed by atoms with Gasteiger partial charge in [0.15, 0.2) is 9.84 Å². The van der Waals surface area contributed by atoms with Gasteiger partial charge in [-0.1, -0.05) is 26.2 Å². The van der Waals surface area contributed by atoms with Crippen molar-refractivity contribution in [2.45, 2.75) is 58.1 Å². The first-order valence-electron chi connectivity index (χ1n) is 6.24. The summed E-state index contributed by atoms with van der Waals surface area (Å²) in [4.78, 5) is 0. The van der Waals surface area contributed by atoms with Crippen LogP contribution in [-0.2, 0) is 9.84 Å². The minimum absolute atomic E-state index is 0.240. The quantitative estimate of drug-likeness (QED) is 0.672. The van der Waals surface area contributed by atoms with Crippen LogP contribution in [0.1, 0.15) is 53.4 Å². The highest BCUT2D eigenvalue weighted by atomic mass is 32.2. The van der Waals surface area contributed by atoms with Crippen LogP contribution in [0.25, 0.3) is 0 Å². The monoisotopic (exact) mass is 249 g/mol. The molecule has 0 aromatic heterocycles. The van der Waals surface area contributed by atoms with E-state index in [0.717, 1.165) is 13.0 Å².